The van der Waals surface area contributed by atoms with E-state index >= 15 is 0 Å². The molecule has 3 aliphatic rings. The van der Waals surface area contributed by atoms with E-state index < -0.39 is 5.97 Å². The van der Waals surface area contributed by atoms with Gasteiger partial charge in [-0.25, -0.2) is 4.79 Å². The number of halogens is 1. The first kappa shape index (κ1) is 21.7. The molecule has 0 unspecified atom stereocenters. The third kappa shape index (κ3) is 5.03. The minimum absolute atomic E-state index is 0.0445. The van der Waals surface area contributed by atoms with Gasteiger partial charge < -0.3 is 10.0 Å². The molecule has 0 atom stereocenters. The summed E-state index contributed by atoms with van der Waals surface area (Å²) in [6, 6.07) is 7.27. The van der Waals surface area contributed by atoms with Crippen molar-refractivity contribution in [2.75, 3.05) is 37.6 Å². The monoisotopic (exact) mass is 430 g/mol. The Kier molecular flexibility index (Phi) is 6.18. The molecule has 1 N–H and O–H groups in total. The molecule has 1 heterocycles. The van der Waals surface area contributed by atoms with E-state index in [0.717, 1.165) is 44.8 Å². The first-order valence-corrected chi connectivity index (χ1v) is 11.8. The van der Waals surface area contributed by atoms with Gasteiger partial charge in [0.2, 0.25) is 0 Å². The molecule has 2 fully saturated rings. The van der Waals surface area contributed by atoms with Gasteiger partial charge in [0.05, 0.1) is 5.56 Å². The number of benzene rings is 1. The Morgan fingerprint density at radius 2 is 1.70 bits per heavy atom. The topological polar surface area (TPSA) is 43.8 Å². The lowest BCUT2D eigenvalue weighted by Gasteiger charge is -2.42. The molecule has 164 valence electrons. The highest BCUT2D eigenvalue weighted by molar-refractivity contribution is 6.24. The zero-order valence-corrected chi connectivity index (χ0v) is 19.2. The molecule has 1 aromatic rings. The summed E-state index contributed by atoms with van der Waals surface area (Å²) in [6.45, 7) is 9.95. The number of nitrogens with zero attached hydrogens (tertiary/aromatic N) is 2. The molecule has 0 bridgehead atoms. The summed E-state index contributed by atoms with van der Waals surface area (Å²) >= 11 is 6.85. The van der Waals surface area contributed by atoms with Crippen molar-refractivity contribution in [1.29, 1.82) is 0 Å². The molecule has 4 rings (SSSR count). The molecule has 0 aromatic heterocycles. The molecule has 1 saturated carbocycles. The fourth-order valence-corrected chi connectivity index (χ4v) is 5.64. The second kappa shape index (κ2) is 8.55. The predicted molar refractivity (Wildman–Crippen MR) is 124 cm³/mol. The fourth-order valence-electron chi connectivity index (χ4n) is 5.21. The normalized spacial score (nSPS) is 23.9. The minimum Gasteiger partial charge on any atom is -0.478 e. The van der Waals surface area contributed by atoms with Gasteiger partial charge in [-0.15, -0.1) is 11.6 Å². The van der Waals surface area contributed by atoms with Crippen LogP contribution >= 0.6 is 11.6 Å². The van der Waals surface area contributed by atoms with Crippen molar-refractivity contribution in [1.82, 2.24) is 4.90 Å². The summed E-state index contributed by atoms with van der Waals surface area (Å²) in [6.07, 6.45) is 8.42. The number of carboxylic acid groups (broad SMARTS) is 1. The number of alkyl halides is 1. The van der Waals surface area contributed by atoms with Gasteiger partial charge >= 0.3 is 5.97 Å². The van der Waals surface area contributed by atoms with Crippen molar-refractivity contribution in [2.24, 2.45) is 5.41 Å². The van der Waals surface area contributed by atoms with Gasteiger partial charge in [0, 0.05) is 43.3 Å². The third-order valence-electron chi connectivity index (χ3n) is 7.34. The number of aromatic carboxylic acids is 1. The van der Waals surface area contributed by atoms with Gasteiger partial charge in [-0.2, -0.15) is 0 Å². The Balaban J connectivity index is 1.38. The van der Waals surface area contributed by atoms with Crippen molar-refractivity contribution in [2.45, 2.75) is 63.7 Å². The molecular formula is C25H35ClN2O2. The zero-order chi connectivity index (χ0) is 21.4. The number of carboxylic acids is 1. The smallest absolute Gasteiger partial charge is 0.335 e. The van der Waals surface area contributed by atoms with E-state index in [9.17, 15) is 4.79 Å². The maximum atomic E-state index is 11.1. The summed E-state index contributed by atoms with van der Waals surface area (Å²) in [5.74, 6) is -0.869. The van der Waals surface area contributed by atoms with Gasteiger partial charge in [-0.1, -0.05) is 25.0 Å². The second-order valence-corrected chi connectivity index (χ2v) is 11.1. The average Bonchev–Trinajstić information content (AvgIpc) is 2.69. The Hall–Kier alpha value is -1.52. The van der Waals surface area contributed by atoms with E-state index in [1.165, 1.54) is 38.5 Å². The standard InChI is InChI=1S/C25H35ClN2O2/c1-24(2)11-8-20(17-25(26)9-3-10-25)21(16-24)18-27-12-14-28(15-13-27)22-6-4-19(5-7-22)23(29)30/h4-7H,3,8-18H2,1-2H3,(H,29,30). The first-order chi connectivity index (χ1) is 14.2. The molecular weight excluding hydrogens is 396 g/mol. The summed E-state index contributed by atoms with van der Waals surface area (Å²) < 4.78 is 0. The number of carbonyl (C=O) groups is 1. The van der Waals surface area contributed by atoms with E-state index in [-0.39, 0.29) is 4.87 Å². The van der Waals surface area contributed by atoms with Crippen LogP contribution in [0.4, 0.5) is 5.69 Å². The number of rotatable bonds is 6. The maximum Gasteiger partial charge on any atom is 0.335 e. The molecule has 0 amide bonds. The Morgan fingerprint density at radius 3 is 2.27 bits per heavy atom. The van der Waals surface area contributed by atoms with E-state index in [4.69, 9.17) is 16.7 Å². The highest BCUT2D eigenvalue weighted by Crippen LogP contribution is 2.48. The molecule has 30 heavy (non-hydrogen) atoms. The summed E-state index contributed by atoms with van der Waals surface area (Å²) in [5.41, 5.74) is 5.16. The summed E-state index contributed by atoms with van der Waals surface area (Å²) in [4.78, 5) is 16.1. The summed E-state index contributed by atoms with van der Waals surface area (Å²) in [7, 11) is 0. The number of hydrogen-bond acceptors (Lipinski definition) is 3. The van der Waals surface area contributed by atoms with Crippen molar-refractivity contribution in [3.05, 3.63) is 41.0 Å². The van der Waals surface area contributed by atoms with Crippen LogP contribution in [0.3, 0.4) is 0 Å². The summed E-state index contributed by atoms with van der Waals surface area (Å²) in [5, 5.41) is 9.09. The average molecular weight is 431 g/mol. The van der Waals surface area contributed by atoms with Gasteiger partial charge in [-0.3, -0.25) is 4.90 Å². The van der Waals surface area contributed by atoms with E-state index in [1.807, 2.05) is 12.1 Å². The molecule has 0 spiro atoms. The molecule has 1 saturated heterocycles. The van der Waals surface area contributed by atoms with Crippen molar-refractivity contribution >= 4 is 23.3 Å². The van der Waals surface area contributed by atoms with Crippen molar-refractivity contribution in [3.8, 4) is 0 Å². The highest BCUT2D eigenvalue weighted by Gasteiger charge is 2.38. The van der Waals surface area contributed by atoms with Crippen LogP contribution in [0.5, 0.6) is 0 Å². The van der Waals surface area contributed by atoms with Crippen LogP contribution in [0.25, 0.3) is 0 Å². The largest absolute Gasteiger partial charge is 0.478 e. The lowest BCUT2D eigenvalue weighted by atomic mass is 9.70. The number of piperazine rings is 1. The molecule has 5 heteroatoms. The number of hydrogen-bond donors (Lipinski definition) is 1. The maximum absolute atomic E-state index is 11.1. The van der Waals surface area contributed by atoms with E-state index in [0.29, 0.717) is 11.0 Å². The zero-order valence-electron chi connectivity index (χ0n) is 18.4. The van der Waals surface area contributed by atoms with E-state index in [1.54, 1.807) is 23.3 Å². The van der Waals surface area contributed by atoms with Gasteiger partial charge in [0.25, 0.3) is 0 Å². The first-order valence-electron chi connectivity index (χ1n) is 11.4. The van der Waals surface area contributed by atoms with Crippen molar-refractivity contribution in [3.63, 3.8) is 0 Å². The van der Waals surface area contributed by atoms with Crippen LogP contribution in [0.2, 0.25) is 0 Å². The van der Waals surface area contributed by atoms with Crippen LogP contribution in [-0.4, -0.2) is 53.6 Å². The van der Waals surface area contributed by atoms with Crippen LogP contribution in [0, 0.1) is 5.41 Å². The van der Waals surface area contributed by atoms with Crippen LogP contribution in [0.1, 0.15) is 69.2 Å². The minimum atomic E-state index is -0.869. The Labute approximate surface area is 185 Å². The highest BCUT2D eigenvalue weighted by atomic mass is 35.5. The number of allylic oxidation sites excluding steroid dienone is 1. The SMILES string of the molecule is CC1(C)CCC(CC2(Cl)CCC2)=C(CN2CCN(c3ccc(C(=O)O)cc3)CC2)C1. The molecule has 4 nitrogen and oxygen atoms in total. The fraction of sp³-hybridized carbons (Fsp3) is 0.640. The Bertz CT molecular complexity index is 803. The predicted octanol–water partition coefficient (Wildman–Crippen LogP) is 5.57. The van der Waals surface area contributed by atoms with Gasteiger partial charge in [0.1, 0.15) is 0 Å². The molecule has 0 radical (unpaired) electrons. The quantitative estimate of drug-likeness (QED) is 0.473. The van der Waals surface area contributed by atoms with Gasteiger partial charge in [-0.05, 0) is 74.6 Å². The molecule has 2 aliphatic carbocycles. The molecule has 1 aromatic carbocycles. The van der Waals surface area contributed by atoms with Crippen molar-refractivity contribution < 1.29 is 9.90 Å². The van der Waals surface area contributed by atoms with Gasteiger partial charge in [0.15, 0.2) is 0 Å². The van der Waals surface area contributed by atoms with E-state index in [2.05, 4.69) is 23.6 Å². The number of anilines is 1. The lowest BCUT2D eigenvalue weighted by molar-refractivity contribution is 0.0697. The molecule has 1 aliphatic heterocycles. The van der Waals surface area contributed by atoms with Crippen LogP contribution in [-0.2, 0) is 0 Å². The van der Waals surface area contributed by atoms with Crippen LogP contribution in [0.15, 0.2) is 35.4 Å². The Morgan fingerprint density at radius 1 is 1.03 bits per heavy atom. The second-order valence-electron chi connectivity index (χ2n) is 10.3. The third-order valence-corrected chi connectivity index (χ3v) is 7.85. The van der Waals surface area contributed by atoms with Crippen LogP contribution < -0.4 is 4.90 Å². The lowest BCUT2D eigenvalue weighted by Crippen LogP contribution is -2.47.